The Morgan fingerprint density at radius 3 is 2.57 bits per heavy atom. The predicted octanol–water partition coefficient (Wildman–Crippen LogP) is 3.44. The summed E-state index contributed by atoms with van der Waals surface area (Å²) in [6.45, 7) is 9.57. The molecule has 0 bridgehead atoms. The fourth-order valence-corrected chi connectivity index (χ4v) is 2.56. The van der Waals surface area contributed by atoms with Crippen molar-refractivity contribution >= 4 is 0 Å². The molecular formula is C18H30N2O. The molecular weight excluding hydrogens is 260 g/mol. The van der Waals surface area contributed by atoms with Gasteiger partial charge in [-0.05, 0) is 56.5 Å². The number of hydrogen-bond donors (Lipinski definition) is 1. The minimum Gasteiger partial charge on any atom is -0.492 e. The SMILES string of the molecule is CCCN(CCC)CCOc1cccc(CNC2CC2)c1. The van der Waals surface area contributed by atoms with Gasteiger partial charge < -0.3 is 10.1 Å². The number of hydrogen-bond acceptors (Lipinski definition) is 3. The molecule has 1 aromatic rings. The number of ether oxygens (including phenoxy) is 1. The molecule has 1 fully saturated rings. The fraction of sp³-hybridized carbons (Fsp3) is 0.667. The zero-order valence-electron chi connectivity index (χ0n) is 13.6. The van der Waals surface area contributed by atoms with Gasteiger partial charge in [0.1, 0.15) is 12.4 Å². The number of nitrogens with one attached hydrogen (secondary N) is 1. The molecule has 0 saturated heterocycles. The van der Waals surface area contributed by atoms with Crippen LogP contribution >= 0.6 is 0 Å². The Labute approximate surface area is 129 Å². The molecule has 0 spiro atoms. The number of benzene rings is 1. The maximum atomic E-state index is 5.92. The van der Waals surface area contributed by atoms with Crippen LogP contribution in [0.2, 0.25) is 0 Å². The molecule has 0 heterocycles. The molecule has 1 N–H and O–H groups in total. The molecule has 1 saturated carbocycles. The summed E-state index contributed by atoms with van der Waals surface area (Å²) in [5.74, 6) is 0.998. The van der Waals surface area contributed by atoms with Crippen molar-refractivity contribution in [1.82, 2.24) is 10.2 Å². The molecule has 0 radical (unpaired) electrons. The molecule has 0 aromatic heterocycles. The largest absolute Gasteiger partial charge is 0.492 e. The topological polar surface area (TPSA) is 24.5 Å². The van der Waals surface area contributed by atoms with E-state index in [2.05, 4.69) is 48.3 Å². The molecule has 1 aliphatic rings. The second-order valence-electron chi connectivity index (χ2n) is 5.99. The predicted molar refractivity (Wildman–Crippen MR) is 88.8 cm³/mol. The third kappa shape index (κ3) is 6.49. The van der Waals surface area contributed by atoms with E-state index in [9.17, 15) is 0 Å². The smallest absolute Gasteiger partial charge is 0.119 e. The van der Waals surface area contributed by atoms with Crippen LogP contribution in [0.25, 0.3) is 0 Å². The van der Waals surface area contributed by atoms with Crippen molar-refractivity contribution in [2.24, 2.45) is 0 Å². The average molecular weight is 290 g/mol. The maximum Gasteiger partial charge on any atom is 0.119 e. The van der Waals surface area contributed by atoms with Gasteiger partial charge in [-0.1, -0.05) is 26.0 Å². The van der Waals surface area contributed by atoms with Crippen LogP contribution in [0, 0.1) is 0 Å². The standard InChI is InChI=1S/C18H30N2O/c1-3-10-20(11-4-2)12-13-21-18-7-5-6-16(14-18)15-19-17-8-9-17/h5-7,14,17,19H,3-4,8-13,15H2,1-2H3. The highest BCUT2D eigenvalue weighted by Gasteiger charge is 2.19. The maximum absolute atomic E-state index is 5.92. The van der Waals surface area contributed by atoms with Crippen LogP contribution in [-0.2, 0) is 6.54 Å². The lowest BCUT2D eigenvalue weighted by Gasteiger charge is -2.21. The van der Waals surface area contributed by atoms with Gasteiger partial charge in [-0.3, -0.25) is 4.90 Å². The van der Waals surface area contributed by atoms with Crippen LogP contribution in [0.3, 0.4) is 0 Å². The summed E-state index contributed by atoms with van der Waals surface area (Å²) < 4.78 is 5.92. The van der Waals surface area contributed by atoms with Gasteiger partial charge >= 0.3 is 0 Å². The third-order valence-electron chi connectivity index (χ3n) is 3.83. The van der Waals surface area contributed by atoms with E-state index in [4.69, 9.17) is 4.74 Å². The van der Waals surface area contributed by atoms with Crippen molar-refractivity contribution in [1.29, 1.82) is 0 Å². The Hall–Kier alpha value is -1.06. The molecule has 3 nitrogen and oxygen atoms in total. The van der Waals surface area contributed by atoms with E-state index in [1.165, 1.54) is 44.3 Å². The molecule has 0 aliphatic heterocycles. The fourth-order valence-electron chi connectivity index (χ4n) is 2.56. The van der Waals surface area contributed by atoms with Gasteiger partial charge in [-0.25, -0.2) is 0 Å². The first-order valence-corrected chi connectivity index (χ1v) is 8.49. The van der Waals surface area contributed by atoms with Gasteiger partial charge in [-0.2, -0.15) is 0 Å². The summed E-state index contributed by atoms with van der Waals surface area (Å²) in [6, 6.07) is 9.24. The normalized spacial score (nSPS) is 14.6. The van der Waals surface area contributed by atoms with Crippen LogP contribution in [0.5, 0.6) is 5.75 Å². The van der Waals surface area contributed by atoms with Crippen LogP contribution in [0.4, 0.5) is 0 Å². The Morgan fingerprint density at radius 2 is 1.90 bits per heavy atom. The van der Waals surface area contributed by atoms with E-state index < -0.39 is 0 Å². The summed E-state index contributed by atoms with van der Waals surface area (Å²) in [6.07, 6.45) is 5.09. The van der Waals surface area contributed by atoms with E-state index in [0.717, 1.165) is 31.5 Å². The Balaban J connectivity index is 1.72. The van der Waals surface area contributed by atoms with Crippen LogP contribution < -0.4 is 10.1 Å². The van der Waals surface area contributed by atoms with E-state index >= 15 is 0 Å². The second-order valence-corrected chi connectivity index (χ2v) is 5.99. The minimum absolute atomic E-state index is 0.756. The molecule has 0 unspecified atom stereocenters. The lowest BCUT2D eigenvalue weighted by molar-refractivity contribution is 0.209. The lowest BCUT2D eigenvalue weighted by atomic mass is 10.2. The van der Waals surface area contributed by atoms with Gasteiger partial charge in [0.2, 0.25) is 0 Å². The molecule has 118 valence electrons. The zero-order chi connectivity index (χ0) is 14.9. The summed E-state index contributed by atoms with van der Waals surface area (Å²) >= 11 is 0. The van der Waals surface area contributed by atoms with Crippen molar-refractivity contribution in [2.75, 3.05) is 26.2 Å². The summed E-state index contributed by atoms with van der Waals surface area (Å²) in [4.78, 5) is 2.48. The van der Waals surface area contributed by atoms with Crippen molar-refractivity contribution in [3.05, 3.63) is 29.8 Å². The average Bonchev–Trinajstić information content (AvgIpc) is 3.30. The zero-order valence-corrected chi connectivity index (χ0v) is 13.6. The van der Waals surface area contributed by atoms with Gasteiger partial charge in [0.25, 0.3) is 0 Å². The van der Waals surface area contributed by atoms with Crippen molar-refractivity contribution < 1.29 is 4.74 Å². The summed E-state index contributed by atoms with van der Waals surface area (Å²) in [5.41, 5.74) is 1.32. The first-order chi connectivity index (χ1) is 10.3. The van der Waals surface area contributed by atoms with Crippen molar-refractivity contribution in [2.45, 2.75) is 52.1 Å². The highest BCUT2D eigenvalue weighted by Crippen LogP contribution is 2.20. The van der Waals surface area contributed by atoms with Crippen LogP contribution in [-0.4, -0.2) is 37.2 Å². The van der Waals surface area contributed by atoms with Crippen molar-refractivity contribution in [3.63, 3.8) is 0 Å². The Bertz CT molecular complexity index is 398. The lowest BCUT2D eigenvalue weighted by Crippen LogP contribution is -2.30. The van der Waals surface area contributed by atoms with Gasteiger partial charge in [0.15, 0.2) is 0 Å². The molecule has 1 aromatic carbocycles. The third-order valence-corrected chi connectivity index (χ3v) is 3.83. The number of nitrogens with zero attached hydrogens (tertiary/aromatic N) is 1. The second kappa shape index (κ2) is 9.06. The van der Waals surface area contributed by atoms with Crippen LogP contribution in [0.15, 0.2) is 24.3 Å². The quantitative estimate of drug-likeness (QED) is 0.675. The minimum atomic E-state index is 0.756. The van der Waals surface area contributed by atoms with E-state index in [-0.39, 0.29) is 0 Å². The molecule has 0 atom stereocenters. The first-order valence-electron chi connectivity index (χ1n) is 8.49. The monoisotopic (exact) mass is 290 g/mol. The Morgan fingerprint density at radius 1 is 1.14 bits per heavy atom. The molecule has 21 heavy (non-hydrogen) atoms. The highest BCUT2D eigenvalue weighted by atomic mass is 16.5. The van der Waals surface area contributed by atoms with Gasteiger partial charge in [-0.15, -0.1) is 0 Å². The van der Waals surface area contributed by atoms with Gasteiger partial charge in [0, 0.05) is 19.1 Å². The van der Waals surface area contributed by atoms with E-state index in [1.807, 2.05) is 0 Å². The number of rotatable bonds is 11. The summed E-state index contributed by atoms with van der Waals surface area (Å²) in [5, 5.41) is 3.54. The van der Waals surface area contributed by atoms with E-state index in [1.54, 1.807) is 0 Å². The highest BCUT2D eigenvalue weighted by molar-refractivity contribution is 5.28. The molecule has 1 aliphatic carbocycles. The van der Waals surface area contributed by atoms with Crippen molar-refractivity contribution in [3.8, 4) is 5.75 Å². The summed E-state index contributed by atoms with van der Waals surface area (Å²) in [7, 11) is 0. The van der Waals surface area contributed by atoms with Crippen LogP contribution in [0.1, 0.15) is 45.1 Å². The molecule has 0 amide bonds. The molecule has 3 heteroatoms. The van der Waals surface area contributed by atoms with E-state index in [0.29, 0.717) is 0 Å². The van der Waals surface area contributed by atoms with Gasteiger partial charge in [0.05, 0.1) is 0 Å². The first kappa shape index (κ1) is 16.3. The molecule has 2 rings (SSSR count). The Kier molecular flexibility index (Phi) is 7.04.